The number of carbonyl (C=O) groups excluding carboxylic acids is 1. The summed E-state index contributed by atoms with van der Waals surface area (Å²) in [6, 6.07) is 6.87. The third-order valence-corrected chi connectivity index (χ3v) is 3.22. The van der Waals surface area contributed by atoms with Gasteiger partial charge in [0.1, 0.15) is 5.82 Å². The number of para-hydroxylation sites is 1. The summed E-state index contributed by atoms with van der Waals surface area (Å²) in [6.07, 6.45) is 0. The van der Waals surface area contributed by atoms with Crippen molar-refractivity contribution in [2.75, 3.05) is 11.1 Å². The monoisotopic (exact) mass is 313 g/mol. The summed E-state index contributed by atoms with van der Waals surface area (Å²) in [5.41, 5.74) is 12.1. The topological polar surface area (TPSA) is 81.1 Å². The van der Waals surface area contributed by atoms with E-state index < -0.39 is 11.7 Å². The zero-order chi connectivity index (χ0) is 14.9. The van der Waals surface area contributed by atoms with Gasteiger partial charge in [-0.2, -0.15) is 0 Å². The maximum absolute atomic E-state index is 13.1. The molecule has 4 nitrogen and oxygen atoms in total. The molecule has 0 radical (unpaired) electrons. The first kappa shape index (κ1) is 14.4. The highest BCUT2D eigenvalue weighted by Crippen LogP contribution is 2.36. The second kappa shape index (κ2) is 5.56. The molecule has 20 heavy (non-hydrogen) atoms. The van der Waals surface area contributed by atoms with Gasteiger partial charge in [-0.05, 0) is 24.3 Å². The normalized spacial score (nSPS) is 10.3. The molecule has 0 aliphatic carbocycles. The standard InChI is InChI=1S/C13H10Cl2FN3O/c14-8-4-6(16)5-9(15)12(8)19-11-7(13(18)20)2-1-3-10(11)17/h1-5,19H,17H2,(H2,18,20). The number of primary amides is 1. The van der Waals surface area contributed by atoms with E-state index in [9.17, 15) is 9.18 Å². The lowest BCUT2D eigenvalue weighted by Gasteiger charge is -2.15. The zero-order valence-corrected chi connectivity index (χ0v) is 11.6. The van der Waals surface area contributed by atoms with Crippen molar-refractivity contribution in [1.82, 2.24) is 0 Å². The minimum absolute atomic E-state index is 0.0636. The molecule has 0 saturated heterocycles. The van der Waals surface area contributed by atoms with Gasteiger partial charge in [0.25, 0.3) is 5.91 Å². The summed E-state index contributed by atoms with van der Waals surface area (Å²) in [4.78, 5) is 11.4. The quantitative estimate of drug-likeness (QED) is 0.758. The van der Waals surface area contributed by atoms with Crippen LogP contribution in [0.15, 0.2) is 30.3 Å². The average molecular weight is 314 g/mol. The molecule has 0 aliphatic rings. The molecule has 0 spiro atoms. The first-order valence-electron chi connectivity index (χ1n) is 5.50. The van der Waals surface area contributed by atoms with E-state index in [-0.39, 0.29) is 32.7 Å². The number of carbonyl (C=O) groups is 1. The predicted molar refractivity (Wildman–Crippen MR) is 79.1 cm³/mol. The van der Waals surface area contributed by atoms with Crippen molar-refractivity contribution in [3.8, 4) is 0 Å². The van der Waals surface area contributed by atoms with Crippen molar-refractivity contribution >= 4 is 46.2 Å². The van der Waals surface area contributed by atoms with Gasteiger partial charge in [0, 0.05) is 0 Å². The van der Waals surface area contributed by atoms with Gasteiger partial charge in [0.15, 0.2) is 0 Å². The van der Waals surface area contributed by atoms with Gasteiger partial charge in [0.05, 0.1) is 32.7 Å². The van der Waals surface area contributed by atoms with E-state index in [1.54, 1.807) is 12.1 Å². The van der Waals surface area contributed by atoms with Crippen molar-refractivity contribution in [2.24, 2.45) is 5.73 Å². The SMILES string of the molecule is NC(=O)c1cccc(N)c1Nc1c(Cl)cc(F)cc1Cl. The van der Waals surface area contributed by atoms with Gasteiger partial charge >= 0.3 is 0 Å². The number of amides is 1. The number of nitrogens with one attached hydrogen (secondary N) is 1. The van der Waals surface area contributed by atoms with E-state index >= 15 is 0 Å². The van der Waals surface area contributed by atoms with E-state index in [1.807, 2.05) is 0 Å². The molecule has 2 aromatic carbocycles. The number of anilines is 3. The maximum atomic E-state index is 13.1. The van der Waals surface area contributed by atoms with Gasteiger partial charge in [-0.15, -0.1) is 0 Å². The van der Waals surface area contributed by atoms with Gasteiger partial charge in [-0.3, -0.25) is 4.79 Å². The van der Waals surface area contributed by atoms with Crippen LogP contribution in [0.2, 0.25) is 10.0 Å². The van der Waals surface area contributed by atoms with Crippen molar-refractivity contribution in [1.29, 1.82) is 0 Å². The Kier molecular flexibility index (Phi) is 4.01. The number of nitrogens with two attached hydrogens (primary N) is 2. The van der Waals surface area contributed by atoms with Crippen LogP contribution in [0.4, 0.5) is 21.5 Å². The summed E-state index contributed by atoms with van der Waals surface area (Å²) in [5.74, 6) is -1.23. The number of halogens is 3. The summed E-state index contributed by atoms with van der Waals surface area (Å²) >= 11 is 11.9. The molecule has 0 saturated carbocycles. The van der Waals surface area contributed by atoms with Crippen LogP contribution in [0.5, 0.6) is 0 Å². The molecule has 0 aliphatic heterocycles. The molecule has 5 N–H and O–H groups in total. The largest absolute Gasteiger partial charge is 0.397 e. The van der Waals surface area contributed by atoms with Gasteiger partial charge in [-0.25, -0.2) is 4.39 Å². The molecule has 7 heteroatoms. The lowest BCUT2D eigenvalue weighted by Crippen LogP contribution is -2.14. The fourth-order valence-electron chi connectivity index (χ4n) is 1.70. The van der Waals surface area contributed by atoms with Crippen LogP contribution in [0.1, 0.15) is 10.4 Å². The van der Waals surface area contributed by atoms with Crippen LogP contribution in [-0.4, -0.2) is 5.91 Å². The first-order valence-corrected chi connectivity index (χ1v) is 6.25. The Balaban J connectivity index is 2.53. The number of rotatable bonds is 3. The van der Waals surface area contributed by atoms with Crippen molar-refractivity contribution in [3.63, 3.8) is 0 Å². The first-order chi connectivity index (χ1) is 9.40. The number of nitrogen functional groups attached to an aromatic ring is 1. The highest BCUT2D eigenvalue weighted by Gasteiger charge is 2.15. The third kappa shape index (κ3) is 2.79. The van der Waals surface area contributed by atoms with Crippen LogP contribution in [0, 0.1) is 5.82 Å². The summed E-state index contributed by atoms with van der Waals surface area (Å²) in [5, 5.41) is 2.96. The van der Waals surface area contributed by atoms with Crippen LogP contribution in [0.25, 0.3) is 0 Å². The Morgan fingerprint density at radius 3 is 2.30 bits per heavy atom. The molecule has 0 heterocycles. The Morgan fingerprint density at radius 1 is 1.15 bits per heavy atom. The Morgan fingerprint density at radius 2 is 1.75 bits per heavy atom. The van der Waals surface area contributed by atoms with Crippen molar-refractivity contribution in [2.45, 2.75) is 0 Å². The molecule has 2 rings (SSSR count). The molecule has 0 atom stereocenters. The van der Waals surface area contributed by atoms with Crippen LogP contribution in [-0.2, 0) is 0 Å². The molecule has 2 aromatic rings. The summed E-state index contributed by atoms with van der Waals surface area (Å²) in [6.45, 7) is 0. The molecule has 1 amide bonds. The molecule has 0 bridgehead atoms. The van der Waals surface area contributed by atoms with Gasteiger partial charge in [0.2, 0.25) is 0 Å². The fraction of sp³-hybridized carbons (Fsp3) is 0. The average Bonchev–Trinajstić information content (AvgIpc) is 2.34. The molecular formula is C13H10Cl2FN3O. The Labute approximate surface area is 124 Å². The van der Waals surface area contributed by atoms with Crippen LogP contribution >= 0.6 is 23.2 Å². The Hall–Kier alpha value is -1.98. The molecular weight excluding hydrogens is 304 g/mol. The molecule has 0 unspecified atom stereocenters. The maximum Gasteiger partial charge on any atom is 0.250 e. The van der Waals surface area contributed by atoms with Crippen molar-refractivity contribution in [3.05, 3.63) is 51.8 Å². The van der Waals surface area contributed by atoms with Crippen LogP contribution in [0.3, 0.4) is 0 Å². The Bertz CT molecular complexity index is 668. The van der Waals surface area contributed by atoms with E-state index in [0.29, 0.717) is 0 Å². The minimum Gasteiger partial charge on any atom is -0.397 e. The van der Waals surface area contributed by atoms with Gasteiger partial charge < -0.3 is 16.8 Å². The molecule has 0 fully saturated rings. The van der Waals surface area contributed by atoms with E-state index in [2.05, 4.69) is 5.32 Å². The number of hydrogen-bond acceptors (Lipinski definition) is 3. The second-order valence-corrected chi connectivity index (χ2v) is 4.82. The van der Waals surface area contributed by atoms with E-state index in [0.717, 1.165) is 12.1 Å². The highest BCUT2D eigenvalue weighted by atomic mass is 35.5. The van der Waals surface area contributed by atoms with Crippen molar-refractivity contribution < 1.29 is 9.18 Å². The van der Waals surface area contributed by atoms with E-state index in [4.69, 9.17) is 34.7 Å². The smallest absolute Gasteiger partial charge is 0.250 e. The lowest BCUT2D eigenvalue weighted by molar-refractivity contribution is 0.100. The molecule has 104 valence electrons. The summed E-state index contributed by atoms with van der Waals surface area (Å²) < 4.78 is 13.1. The zero-order valence-electron chi connectivity index (χ0n) is 10.1. The fourth-order valence-corrected chi connectivity index (χ4v) is 2.26. The minimum atomic E-state index is -0.658. The highest BCUT2D eigenvalue weighted by molar-refractivity contribution is 6.39. The molecule has 0 aromatic heterocycles. The third-order valence-electron chi connectivity index (χ3n) is 2.62. The predicted octanol–water partition coefficient (Wildman–Crippen LogP) is 3.56. The number of hydrogen-bond donors (Lipinski definition) is 3. The van der Waals surface area contributed by atoms with E-state index in [1.165, 1.54) is 6.07 Å². The van der Waals surface area contributed by atoms with Gasteiger partial charge in [-0.1, -0.05) is 29.3 Å². The van der Waals surface area contributed by atoms with Crippen LogP contribution < -0.4 is 16.8 Å². The lowest BCUT2D eigenvalue weighted by atomic mass is 10.1. The summed E-state index contributed by atoms with van der Waals surface area (Å²) in [7, 11) is 0. The second-order valence-electron chi connectivity index (χ2n) is 4.00. The number of benzene rings is 2.